The third-order valence-corrected chi connectivity index (χ3v) is 2.52. The quantitative estimate of drug-likeness (QED) is 0.350. The second kappa shape index (κ2) is 7.05. The van der Waals surface area contributed by atoms with Crippen LogP contribution in [0.4, 0.5) is 5.69 Å². The zero-order chi connectivity index (χ0) is 14.4. The number of carbonyl (C=O) groups is 1. The molecule has 1 aromatic carbocycles. The summed E-state index contributed by atoms with van der Waals surface area (Å²) in [5.74, 6) is -0.915. The van der Waals surface area contributed by atoms with Crippen molar-refractivity contribution in [2.75, 3.05) is 12.0 Å². The Hall–Kier alpha value is -1.67. The highest BCUT2D eigenvalue weighted by atomic mass is 16.4. The Labute approximate surface area is 110 Å². The van der Waals surface area contributed by atoms with Crippen LogP contribution in [0.2, 0.25) is 0 Å². The maximum Gasteiger partial charge on any atom is 0.269 e. The van der Waals surface area contributed by atoms with E-state index in [0.717, 1.165) is 5.56 Å². The Morgan fingerprint density at radius 3 is 2.58 bits per heavy atom. The molecular formula is C12H18N2O5. The molecule has 6 N–H and O–H groups in total. The number of anilines is 1. The van der Waals surface area contributed by atoms with Crippen molar-refractivity contribution in [1.82, 2.24) is 5.43 Å². The number of nitrogens with one attached hydrogen (secondary N) is 2. The van der Waals surface area contributed by atoms with Crippen LogP contribution < -0.4 is 10.9 Å². The lowest BCUT2D eigenvalue weighted by Crippen LogP contribution is -2.49. The fraction of sp³-hybridized carbons (Fsp3) is 0.417. The lowest BCUT2D eigenvalue weighted by Gasteiger charge is -2.21. The summed E-state index contributed by atoms with van der Waals surface area (Å²) in [6, 6.07) is 7.14. The maximum absolute atomic E-state index is 11.5. The number of hydrazine groups is 1. The molecule has 1 rings (SSSR count). The SMILES string of the molecule is Cc1cccc(NNC(=O)[C@@H](O)[C@@H](O)[C@H](O)CO)c1. The van der Waals surface area contributed by atoms with Crippen molar-refractivity contribution in [1.29, 1.82) is 0 Å². The van der Waals surface area contributed by atoms with E-state index in [2.05, 4.69) is 10.9 Å². The van der Waals surface area contributed by atoms with Crippen LogP contribution in [0.15, 0.2) is 24.3 Å². The molecule has 19 heavy (non-hydrogen) atoms. The van der Waals surface area contributed by atoms with Crippen LogP contribution in [0.25, 0.3) is 0 Å². The Kier molecular flexibility index (Phi) is 5.71. The Morgan fingerprint density at radius 2 is 2.00 bits per heavy atom. The normalized spacial score (nSPS) is 15.4. The van der Waals surface area contributed by atoms with Gasteiger partial charge in [0.2, 0.25) is 0 Å². The van der Waals surface area contributed by atoms with Gasteiger partial charge in [0.25, 0.3) is 5.91 Å². The highest BCUT2D eigenvalue weighted by Gasteiger charge is 2.29. The molecular weight excluding hydrogens is 252 g/mol. The molecule has 0 aromatic heterocycles. The Balaban J connectivity index is 2.51. The highest BCUT2D eigenvalue weighted by molar-refractivity contribution is 5.82. The van der Waals surface area contributed by atoms with Crippen LogP contribution >= 0.6 is 0 Å². The highest BCUT2D eigenvalue weighted by Crippen LogP contribution is 2.08. The van der Waals surface area contributed by atoms with Crippen molar-refractivity contribution in [2.24, 2.45) is 0 Å². The van der Waals surface area contributed by atoms with Gasteiger partial charge in [-0.1, -0.05) is 12.1 Å². The average Bonchev–Trinajstić information content (AvgIpc) is 2.42. The van der Waals surface area contributed by atoms with Gasteiger partial charge in [0.05, 0.1) is 12.3 Å². The smallest absolute Gasteiger partial charge is 0.269 e. The summed E-state index contributed by atoms with van der Waals surface area (Å²) < 4.78 is 0. The van der Waals surface area contributed by atoms with Gasteiger partial charge in [0, 0.05) is 0 Å². The molecule has 0 aliphatic rings. The number of aliphatic hydroxyl groups is 4. The number of aliphatic hydroxyl groups excluding tert-OH is 4. The van der Waals surface area contributed by atoms with Gasteiger partial charge in [-0.15, -0.1) is 0 Å². The summed E-state index contributed by atoms with van der Waals surface area (Å²) in [5, 5.41) is 36.5. The van der Waals surface area contributed by atoms with Crippen molar-refractivity contribution in [3.8, 4) is 0 Å². The average molecular weight is 270 g/mol. The number of hydrogen-bond donors (Lipinski definition) is 6. The van der Waals surface area contributed by atoms with E-state index in [1.54, 1.807) is 18.2 Å². The Morgan fingerprint density at radius 1 is 1.32 bits per heavy atom. The summed E-state index contributed by atoms with van der Waals surface area (Å²) in [5.41, 5.74) is 6.35. The van der Waals surface area contributed by atoms with Gasteiger partial charge >= 0.3 is 0 Å². The van der Waals surface area contributed by atoms with Gasteiger partial charge in [-0.05, 0) is 24.6 Å². The lowest BCUT2D eigenvalue weighted by molar-refractivity contribution is -0.141. The zero-order valence-corrected chi connectivity index (χ0v) is 10.4. The molecule has 0 aliphatic carbocycles. The third kappa shape index (κ3) is 4.49. The fourth-order valence-corrected chi connectivity index (χ4v) is 1.40. The van der Waals surface area contributed by atoms with E-state index in [1.165, 1.54) is 0 Å². The molecule has 0 saturated heterocycles. The number of carbonyl (C=O) groups excluding carboxylic acids is 1. The van der Waals surface area contributed by atoms with Crippen molar-refractivity contribution >= 4 is 11.6 Å². The van der Waals surface area contributed by atoms with Gasteiger partial charge in [-0.2, -0.15) is 0 Å². The molecule has 0 spiro atoms. The first-order valence-corrected chi connectivity index (χ1v) is 5.73. The molecule has 0 heterocycles. The number of rotatable bonds is 6. The third-order valence-electron chi connectivity index (χ3n) is 2.52. The summed E-state index contributed by atoms with van der Waals surface area (Å²) in [4.78, 5) is 11.5. The van der Waals surface area contributed by atoms with E-state index in [4.69, 9.17) is 10.2 Å². The topological polar surface area (TPSA) is 122 Å². The van der Waals surface area contributed by atoms with Crippen LogP contribution in [0.5, 0.6) is 0 Å². The minimum absolute atomic E-state index is 0.609. The van der Waals surface area contributed by atoms with E-state index < -0.39 is 30.8 Å². The van der Waals surface area contributed by atoms with E-state index in [-0.39, 0.29) is 0 Å². The van der Waals surface area contributed by atoms with Gasteiger partial charge in [-0.3, -0.25) is 15.6 Å². The first-order valence-electron chi connectivity index (χ1n) is 5.73. The standard InChI is InChI=1S/C12H18N2O5/c1-7-3-2-4-8(5-7)13-14-12(19)11(18)10(17)9(16)6-15/h2-5,9-11,13,15-18H,6H2,1H3,(H,14,19)/t9-,10+,11+/m1/s1. The van der Waals surface area contributed by atoms with E-state index in [1.807, 2.05) is 13.0 Å². The van der Waals surface area contributed by atoms with Crippen molar-refractivity contribution in [3.63, 3.8) is 0 Å². The summed E-state index contributed by atoms with van der Waals surface area (Å²) in [6.07, 6.45) is -5.19. The summed E-state index contributed by atoms with van der Waals surface area (Å²) in [6.45, 7) is 1.13. The van der Waals surface area contributed by atoms with Gasteiger partial charge in [-0.25, -0.2) is 0 Å². The van der Waals surface area contributed by atoms with Gasteiger partial charge in [0.15, 0.2) is 6.10 Å². The molecule has 0 aliphatic heterocycles. The monoisotopic (exact) mass is 270 g/mol. The van der Waals surface area contributed by atoms with Crippen LogP contribution in [-0.2, 0) is 4.79 Å². The van der Waals surface area contributed by atoms with Crippen LogP contribution in [0.1, 0.15) is 5.56 Å². The molecule has 7 nitrogen and oxygen atoms in total. The number of amides is 1. The zero-order valence-electron chi connectivity index (χ0n) is 10.4. The molecule has 106 valence electrons. The first kappa shape index (κ1) is 15.4. The second-order valence-corrected chi connectivity index (χ2v) is 4.17. The molecule has 0 bridgehead atoms. The van der Waals surface area contributed by atoms with E-state index >= 15 is 0 Å². The molecule has 1 aromatic rings. The minimum Gasteiger partial charge on any atom is -0.394 e. The lowest BCUT2D eigenvalue weighted by atomic mass is 10.1. The fourth-order valence-electron chi connectivity index (χ4n) is 1.40. The number of aryl methyl sites for hydroxylation is 1. The first-order chi connectivity index (χ1) is 8.95. The van der Waals surface area contributed by atoms with Crippen molar-refractivity contribution in [2.45, 2.75) is 25.2 Å². The molecule has 3 atom stereocenters. The van der Waals surface area contributed by atoms with Crippen LogP contribution in [0, 0.1) is 6.92 Å². The maximum atomic E-state index is 11.5. The summed E-state index contributed by atoms with van der Waals surface area (Å²) in [7, 11) is 0. The molecule has 7 heteroatoms. The number of hydrogen-bond acceptors (Lipinski definition) is 6. The minimum atomic E-state index is -1.85. The second-order valence-electron chi connectivity index (χ2n) is 4.17. The molecule has 0 saturated carbocycles. The molecule has 0 radical (unpaired) electrons. The molecule has 1 amide bonds. The van der Waals surface area contributed by atoms with Crippen LogP contribution in [-0.4, -0.2) is 51.3 Å². The Bertz CT molecular complexity index is 426. The van der Waals surface area contributed by atoms with Gasteiger partial charge < -0.3 is 20.4 Å². The molecule has 0 fully saturated rings. The predicted molar refractivity (Wildman–Crippen MR) is 68.1 cm³/mol. The molecule has 0 unspecified atom stereocenters. The predicted octanol–water partition coefficient (Wildman–Crippen LogP) is -1.49. The van der Waals surface area contributed by atoms with Gasteiger partial charge in [0.1, 0.15) is 12.2 Å². The summed E-state index contributed by atoms with van der Waals surface area (Å²) >= 11 is 0. The van der Waals surface area contributed by atoms with Crippen LogP contribution in [0.3, 0.4) is 0 Å². The van der Waals surface area contributed by atoms with Crippen molar-refractivity contribution in [3.05, 3.63) is 29.8 Å². The van der Waals surface area contributed by atoms with Crippen molar-refractivity contribution < 1.29 is 25.2 Å². The van der Waals surface area contributed by atoms with E-state index in [9.17, 15) is 15.0 Å². The number of benzene rings is 1. The van der Waals surface area contributed by atoms with E-state index in [0.29, 0.717) is 5.69 Å². The largest absolute Gasteiger partial charge is 0.394 e.